The van der Waals surface area contributed by atoms with Gasteiger partial charge in [-0.1, -0.05) is 6.07 Å². The van der Waals surface area contributed by atoms with Crippen molar-refractivity contribution in [3.8, 4) is 5.75 Å². The number of anilines is 3. The monoisotopic (exact) mass is 424 g/mol. The van der Waals surface area contributed by atoms with Gasteiger partial charge in [0, 0.05) is 26.1 Å². The zero-order chi connectivity index (χ0) is 22.4. The molecule has 0 aliphatic heterocycles. The van der Waals surface area contributed by atoms with Crippen molar-refractivity contribution in [2.24, 2.45) is 10.9 Å². The highest BCUT2D eigenvalue weighted by Crippen LogP contribution is 2.34. The van der Waals surface area contributed by atoms with Crippen molar-refractivity contribution in [2.45, 2.75) is 12.8 Å². The normalized spacial score (nSPS) is 12.9. The summed E-state index contributed by atoms with van der Waals surface area (Å²) in [5.74, 6) is 0.0156. The molecule has 0 radical (unpaired) electrons. The van der Waals surface area contributed by atoms with Crippen LogP contribution < -0.4 is 26.0 Å². The summed E-state index contributed by atoms with van der Waals surface area (Å²) in [6.45, 7) is 0. The fourth-order valence-electron chi connectivity index (χ4n) is 2.79. The highest BCUT2D eigenvalue weighted by Gasteiger charge is 2.30. The van der Waals surface area contributed by atoms with Crippen LogP contribution in [0, 0.1) is 11.3 Å². The van der Waals surface area contributed by atoms with Crippen LogP contribution in [-0.2, 0) is 4.79 Å². The number of ether oxygens (including phenoxy) is 1. The quantitative estimate of drug-likeness (QED) is 0.318. The van der Waals surface area contributed by atoms with E-state index >= 15 is 0 Å². The minimum Gasteiger partial charge on any atom is -0.494 e. The number of benzene rings is 1. The van der Waals surface area contributed by atoms with E-state index < -0.39 is 5.91 Å². The highest BCUT2D eigenvalue weighted by atomic mass is 16.5. The third kappa shape index (κ3) is 5.13. The summed E-state index contributed by atoms with van der Waals surface area (Å²) in [4.78, 5) is 28.4. The highest BCUT2D eigenvalue weighted by molar-refractivity contribution is 6.05. The van der Waals surface area contributed by atoms with E-state index in [-0.39, 0.29) is 29.2 Å². The number of rotatable bonds is 8. The Morgan fingerprint density at radius 1 is 1.23 bits per heavy atom. The van der Waals surface area contributed by atoms with Crippen LogP contribution in [0.3, 0.4) is 0 Å². The first-order valence-electron chi connectivity index (χ1n) is 9.61. The van der Waals surface area contributed by atoms with Crippen LogP contribution in [0.4, 0.5) is 17.2 Å². The number of hydrogen-bond donors (Lipinski definition) is 5. The lowest BCUT2D eigenvalue weighted by molar-refractivity contribution is -0.117. The van der Waals surface area contributed by atoms with Crippen molar-refractivity contribution in [1.29, 1.82) is 5.41 Å². The molecule has 1 heterocycles. The van der Waals surface area contributed by atoms with Gasteiger partial charge in [0.05, 0.1) is 30.4 Å². The molecule has 0 unspecified atom stereocenters. The Balaban J connectivity index is 1.97. The summed E-state index contributed by atoms with van der Waals surface area (Å²) in [5.41, 5.74) is 1.30. The number of methoxy groups -OCH3 is 1. The van der Waals surface area contributed by atoms with E-state index in [1.807, 2.05) is 0 Å². The second-order valence-electron chi connectivity index (χ2n) is 6.74. The zero-order valence-corrected chi connectivity index (χ0v) is 17.4. The molecule has 0 spiro atoms. The van der Waals surface area contributed by atoms with Crippen molar-refractivity contribution < 1.29 is 14.3 Å². The van der Waals surface area contributed by atoms with E-state index in [4.69, 9.17) is 10.1 Å². The van der Waals surface area contributed by atoms with Gasteiger partial charge in [-0.3, -0.25) is 15.0 Å². The number of carbonyl (C=O) groups is 2. The van der Waals surface area contributed by atoms with E-state index in [2.05, 4.69) is 36.5 Å². The van der Waals surface area contributed by atoms with Crippen molar-refractivity contribution in [1.82, 2.24) is 20.8 Å². The van der Waals surface area contributed by atoms with Gasteiger partial charge in [0.15, 0.2) is 23.1 Å². The van der Waals surface area contributed by atoms with Crippen molar-refractivity contribution >= 4 is 41.2 Å². The second kappa shape index (κ2) is 9.65. The van der Waals surface area contributed by atoms with Gasteiger partial charge in [-0.15, -0.1) is 10.2 Å². The molecule has 1 saturated carbocycles. The molecule has 1 aliphatic rings. The first-order valence-corrected chi connectivity index (χ1v) is 9.61. The van der Waals surface area contributed by atoms with Crippen LogP contribution >= 0.6 is 0 Å². The summed E-state index contributed by atoms with van der Waals surface area (Å²) >= 11 is 0. The zero-order valence-electron chi connectivity index (χ0n) is 17.4. The Morgan fingerprint density at radius 3 is 2.65 bits per heavy atom. The van der Waals surface area contributed by atoms with Crippen LogP contribution in [0.2, 0.25) is 0 Å². The van der Waals surface area contributed by atoms with Gasteiger partial charge in [-0.2, -0.15) is 0 Å². The van der Waals surface area contributed by atoms with Crippen molar-refractivity contribution in [2.75, 3.05) is 31.8 Å². The summed E-state index contributed by atoms with van der Waals surface area (Å²) in [7, 11) is 4.64. The molecular formula is C20H24N8O3. The Labute approximate surface area is 179 Å². The molecule has 162 valence electrons. The lowest BCUT2D eigenvalue weighted by Crippen LogP contribution is -2.22. The first-order chi connectivity index (χ1) is 15.0. The molecule has 31 heavy (non-hydrogen) atoms. The second-order valence-corrected chi connectivity index (χ2v) is 6.74. The van der Waals surface area contributed by atoms with Gasteiger partial charge in [0.2, 0.25) is 5.91 Å². The fraction of sp³-hybridized carbons (Fsp3) is 0.300. The van der Waals surface area contributed by atoms with Crippen LogP contribution in [0.15, 0.2) is 29.3 Å². The Kier molecular flexibility index (Phi) is 6.75. The molecule has 1 aromatic heterocycles. The summed E-state index contributed by atoms with van der Waals surface area (Å²) < 4.78 is 5.51. The Morgan fingerprint density at radius 2 is 2.00 bits per heavy atom. The maximum absolute atomic E-state index is 12.3. The molecule has 1 aliphatic carbocycles. The van der Waals surface area contributed by atoms with E-state index in [0.29, 0.717) is 22.7 Å². The standard InChI is InChI=1S/C20H24N8O3/c1-22-10-24-18(21)12-5-4-6-13(17(12)31-3)25-14-9-15(26-19(29)11-7-8-11)27-28-16(14)20(30)23-2/h4-6,9-11H,7-8H2,1-3H3,(H,23,30)(H2,21,22,24)(H2,25,26,27,29). The maximum Gasteiger partial charge on any atom is 0.273 e. The van der Waals surface area contributed by atoms with Gasteiger partial charge in [0.25, 0.3) is 5.91 Å². The topological polar surface area (TPSA) is 153 Å². The summed E-state index contributed by atoms with van der Waals surface area (Å²) in [6, 6.07) is 6.70. The van der Waals surface area contributed by atoms with Gasteiger partial charge >= 0.3 is 0 Å². The van der Waals surface area contributed by atoms with Gasteiger partial charge < -0.3 is 26.0 Å². The summed E-state index contributed by atoms with van der Waals surface area (Å²) in [6.07, 6.45) is 3.10. The molecular weight excluding hydrogens is 400 g/mol. The first kappa shape index (κ1) is 21.7. The molecule has 1 fully saturated rings. The number of aromatic nitrogens is 2. The van der Waals surface area contributed by atoms with Gasteiger partial charge in [-0.25, -0.2) is 4.99 Å². The van der Waals surface area contributed by atoms with Crippen LogP contribution in [-0.4, -0.2) is 55.4 Å². The number of nitrogens with one attached hydrogen (secondary N) is 5. The number of hydrogen-bond acceptors (Lipinski definition) is 7. The predicted octanol–water partition coefficient (Wildman–Crippen LogP) is 1.51. The van der Waals surface area contributed by atoms with E-state index in [0.717, 1.165) is 12.8 Å². The third-order valence-corrected chi connectivity index (χ3v) is 4.50. The molecule has 1 aromatic carbocycles. The smallest absolute Gasteiger partial charge is 0.273 e. The molecule has 0 bridgehead atoms. The van der Waals surface area contributed by atoms with Crippen molar-refractivity contribution in [3.05, 3.63) is 35.5 Å². The van der Waals surface area contributed by atoms with Crippen molar-refractivity contribution in [3.63, 3.8) is 0 Å². The molecule has 11 nitrogen and oxygen atoms in total. The molecule has 0 atom stereocenters. The Bertz CT molecular complexity index is 1030. The molecule has 2 amide bonds. The van der Waals surface area contributed by atoms with Crippen LogP contribution in [0.25, 0.3) is 0 Å². The van der Waals surface area contributed by atoms with Crippen LogP contribution in [0.1, 0.15) is 28.9 Å². The SMILES string of the molecule is CN/C=N\C(=N)c1cccc(Nc2cc(NC(=O)C3CC3)nnc2C(=O)NC)c1OC. The molecule has 11 heteroatoms. The van der Waals surface area contributed by atoms with E-state index in [1.54, 1.807) is 25.2 Å². The number of para-hydroxylation sites is 1. The lowest BCUT2D eigenvalue weighted by atomic mass is 10.1. The number of nitrogens with zero attached hydrogens (tertiary/aromatic N) is 3. The molecule has 2 aromatic rings. The predicted molar refractivity (Wildman–Crippen MR) is 117 cm³/mol. The Hall–Kier alpha value is -4.02. The minimum atomic E-state index is -0.448. The minimum absolute atomic E-state index is 0.00206. The number of amides is 2. The number of carbonyl (C=O) groups excluding carboxylic acids is 2. The molecule has 5 N–H and O–H groups in total. The number of amidine groups is 1. The third-order valence-electron chi connectivity index (χ3n) is 4.50. The fourth-order valence-corrected chi connectivity index (χ4v) is 2.79. The summed E-state index contributed by atoms with van der Waals surface area (Å²) in [5, 5.41) is 27.2. The average molecular weight is 424 g/mol. The van der Waals surface area contributed by atoms with Gasteiger partial charge in [-0.05, 0) is 25.0 Å². The lowest BCUT2D eigenvalue weighted by Gasteiger charge is -2.16. The van der Waals surface area contributed by atoms with Crippen LogP contribution in [0.5, 0.6) is 5.75 Å². The molecule has 3 rings (SSSR count). The van der Waals surface area contributed by atoms with E-state index in [1.165, 1.54) is 26.6 Å². The average Bonchev–Trinajstić information content (AvgIpc) is 3.62. The largest absolute Gasteiger partial charge is 0.494 e. The molecule has 0 saturated heterocycles. The van der Waals surface area contributed by atoms with Gasteiger partial charge in [0.1, 0.15) is 0 Å². The van der Waals surface area contributed by atoms with E-state index in [9.17, 15) is 9.59 Å². The number of aliphatic imine (C=N–C) groups is 1. The maximum atomic E-state index is 12.3.